The fourth-order valence-corrected chi connectivity index (χ4v) is 2.31. The maximum absolute atomic E-state index is 11.9. The van der Waals surface area contributed by atoms with Crippen LogP contribution in [0.3, 0.4) is 0 Å². The number of nitrogens with two attached hydrogens (primary N) is 1. The second-order valence-corrected chi connectivity index (χ2v) is 5.12. The standard InChI is InChI=1S/C18H21NO3/c1-12-5-4-6-17(13(12)2)14-9-15(18(20)21-3)11-16(10-14)22-8-7-19/h4-6,9-11H,7-8,19H2,1-3H3. The smallest absolute Gasteiger partial charge is 0.338 e. The van der Waals surface area contributed by atoms with Gasteiger partial charge in [0.2, 0.25) is 0 Å². The summed E-state index contributed by atoms with van der Waals surface area (Å²) >= 11 is 0. The summed E-state index contributed by atoms with van der Waals surface area (Å²) in [5.41, 5.74) is 10.3. The summed E-state index contributed by atoms with van der Waals surface area (Å²) in [4.78, 5) is 11.9. The lowest BCUT2D eigenvalue weighted by Gasteiger charge is -2.13. The van der Waals surface area contributed by atoms with Crippen molar-refractivity contribution in [3.05, 3.63) is 53.1 Å². The summed E-state index contributed by atoms with van der Waals surface area (Å²) in [6.07, 6.45) is 0. The highest BCUT2D eigenvalue weighted by Crippen LogP contribution is 2.30. The van der Waals surface area contributed by atoms with Crippen molar-refractivity contribution in [3.63, 3.8) is 0 Å². The Labute approximate surface area is 130 Å². The summed E-state index contributed by atoms with van der Waals surface area (Å²) in [6, 6.07) is 11.5. The number of aryl methyl sites for hydroxylation is 1. The molecule has 0 aliphatic carbocycles. The van der Waals surface area contributed by atoms with Gasteiger partial charge in [0.25, 0.3) is 0 Å². The number of rotatable bonds is 5. The van der Waals surface area contributed by atoms with E-state index in [0.29, 0.717) is 24.5 Å². The molecule has 4 heteroatoms. The molecule has 0 aliphatic rings. The molecule has 0 saturated carbocycles. The minimum Gasteiger partial charge on any atom is -0.492 e. The van der Waals surface area contributed by atoms with Gasteiger partial charge in [0.05, 0.1) is 12.7 Å². The van der Waals surface area contributed by atoms with Crippen LogP contribution in [0.5, 0.6) is 5.75 Å². The lowest BCUT2D eigenvalue weighted by Crippen LogP contribution is -2.11. The summed E-state index contributed by atoms with van der Waals surface area (Å²) in [5, 5.41) is 0. The van der Waals surface area contributed by atoms with Gasteiger partial charge in [0.15, 0.2) is 0 Å². The van der Waals surface area contributed by atoms with Crippen molar-refractivity contribution in [2.24, 2.45) is 5.73 Å². The SMILES string of the molecule is COC(=O)c1cc(OCCN)cc(-c2cccc(C)c2C)c1. The second kappa shape index (κ2) is 7.09. The molecular formula is C18H21NO3. The van der Waals surface area contributed by atoms with Crippen molar-refractivity contribution in [3.8, 4) is 16.9 Å². The lowest BCUT2D eigenvalue weighted by atomic mass is 9.95. The molecule has 0 fully saturated rings. The summed E-state index contributed by atoms with van der Waals surface area (Å²) in [7, 11) is 1.37. The Hall–Kier alpha value is -2.33. The third-order valence-electron chi connectivity index (χ3n) is 3.63. The highest BCUT2D eigenvalue weighted by Gasteiger charge is 2.12. The first-order chi connectivity index (χ1) is 10.6. The maximum atomic E-state index is 11.9. The molecule has 4 nitrogen and oxygen atoms in total. The third kappa shape index (κ3) is 3.46. The highest BCUT2D eigenvalue weighted by atomic mass is 16.5. The number of carbonyl (C=O) groups is 1. The van der Waals surface area contributed by atoms with Gasteiger partial charge in [-0.05, 0) is 54.3 Å². The maximum Gasteiger partial charge on any atom is 0.338 e. The zero-order valence-corrected chi connectivity index (χ0v) is 13.2. The lowest BCUT2D eigenvalue weighted by molar-refractivity contribution is 0.0600. The minimum absolute atomic E-state index is 0.384. The van der Waals surface area contributed by atoms with Crippen LogP contribution in [0.2, 0.25) is 0 Å². The summed E-state index contributed by atoms with van der Waals surface area (Å²) in [6.45, 7) is 4.95. The molecule has 2 aromatic rings. The van der Waals surface area contributed by atoms with E-state index in [0.717, 1.165) is 11.1 Å². The molecule has 0 heterocycles. The number of benzene rings is 2. The average Bonchev–Trinajstić information content (AvgIpc) is 2.54. The number of esters is 1. The fraction of sp³-hybridized carbons (Fsp3) is 0.278. The Morgan fingerprint density at radius 1 is 1.18 bits per heavy atom. The van der Waals surface area contributed by atoms with Crippen molar-refractivity contribution in [2.75, 3.05) is 20.3 Å². The van der Waals surface area contributed by atoms with Crippen LogP contribution in [-0.4, -0.2) is 26.2 Å². The predicted octanol–water partition coefficient (Wildman–Crippen LogP) is 3.09. The van der Waals surface area contributed by atoms with Gasteiger partial charge < -0.3 is 15.2 Å². The van der Waals surface area contributed by atoms with Crippen molar-refractivity contribution >= 4 is 5.97 Å². The van der Waals surface area contributed by atoms with Crippen LogP contribution in [0.1, 0.15) is 21.5 Å². The number of carbonyl (C=O) groups excluding carboxylic acids is 1. The highest BCUT2D eigenvalue weighted by molar-refractivity contribution is 5.92. The molecule has 0 bridgehead atoms. The monoisotopic (exact) mass is 299 g/mol. The average molecular weight is 299 g/mol. The van der Waals surface area contributed by atoms with Gasteiger partial charge in [0, 0.05) is 6.54 Å². The number of methoxy groups -OCH3 is 1. The van der Waals surface area contributed by atoms with Gasteiger partial charge in [0.1, 0.15) is 12.4 Å². The van der Waals surface area contributed by atoms with E-state index in [9.17, 15) is 4.79 Å². The Balaban J connectivity index is 2.54. The van der Waals surface area contributed by atoms with E-state index >= 15 is 0 Å². The van der Waals surface area contributed by atoms with E-state index < -0.39 is 0 Å². The Kier molecular flexibility index (Phi) is 5.17. The van der Waals surface area contributed by atoms with Crippen LogP contribution in [0.4, 0.5) is 0 Å². The fourth-order valence-electron chi connectivity index (χ4n) is 2.31. The van der Waals surface area contributed by atoms with Gasteiger partial charge in [-0.15, -0.1) is 0 Å². The second-order valence-electron chi connectivity index (χ2n) is 5.12. The molecule has 0 aliphatic heterocycles. The molecule has 22 heavy (non-hydrogen) atoms. The van der Waals surface area contributed by atoms with Gasteiger partial charge in [-0.1, -0.05) is 18.2 Å². The molecule has 0 unspecified atom stereocenters. The molecule has 2 rings (SSSR count). The first kappa shape index (κ1) is 16.0. The van der Waals surface area contributed by atoms with Gasteiger partial charge >= 0.3 is 5.97 Å². The first-order valence-corrected chi connectivity index (χ1v) is 7.19. The summed E-state index contributed by atoms with van der Waals surface area (Å²) in [5.74, 6) is 0.231. The minimum atomic E-state index is -0.384. The van der Waals surface area contributed by atoms with E-state index in [-0.39, 0.29) is 5.97 Å². The molecule has 2 N–H and O–H groups in total. The Morgan fingerprint density at radius 3 is 2.64 bits per heavy atom. The van der Waals surface area contributed by atoms with Crippen LogP contribution in [0.15, 0.2) is 36.4 Å². The van der Waals surface area contributed by atoms with E-state index in [1.165, 1.54) is 18.2 Å². The van der Waals surface area contributed by atoms with E-state index in [1.54, 1.807) is 6.07 Å². The molecule has 0 spiro atoms. The molecule has 2 aromatic carbocycles. The molecule has 116 valence electrons. The zero-order chi connectivity index (χ0) is 16.1. The van der Waals surface area contributed by atoms with Crippen molar-refractivity contribution in [1.82, 2.24) is 0 Å². The van der Waals surface area contributed by atoms with Crippen LogP contribution in [-0.2, 0) is 4.74 Å². The van der Waals surface area contributed by atoms with Crippen LogP contribution in [0, 0.1) is 13.8 Å². The molecule has 0 amide bonds. The number of hydrogen-bond acceptors (Lipinski definition) is 4. The van der Waals surface area contributed by atoms with Crippen molar-refractivity contribution < 1.29 is 14.3 Å². The molecule has 0 aromatic heterocycles. The van der Waals surface area contributed by atoms with Crippen molar-refractivity contribution in [1.29, 1.82) is 0 Å². The number of ether oxygens (including phenoxy) is 2. The molecule has 0 saturated heterocycles. The molecule has 0 radical (unpaired) electrons. The first-order valence-electron chi connectivity index (χ1n) is 7.19. The molecule has 0 atom stereocenters. The largest absolute Gasteiger partial charge is 0.492 e. The molecular weight excluding hydrogens is 278 g/mol. The van der Waals surface area contributed by atoms with Crippen LogP contribution in [0.25, 0.3) is 11.1 Å². The zero-order valence-electron chi connectivity index (χ0n) is 13.2. The normalized spacial score (nSPS) is 10.4. The van der Waals surface area contributed by atoms with Crippen molar-refractivity contribution in [2.45, 2.75) is 13.8 Å². The number of hydrogen-bond donors (Lipinski definition) is 1. The topological polar surface area (TPSA) is 61.5 Å². The summed E-state index contributed by atoms with van der Waals surface area (Å²) < 4.78 is 10.4. The van der Waals surface area contributed by atoms with Gasteiger partial charge in [-0.2, -0.15) is 0 Å². The van der Waals surface area contributed by atoms with Crippen LogP contribution >= 0.6 is 0 Å². The van der Waals surface area contributed by atoms with Gasteiger partial charge in [-0.3, -0.25) is 0 Å². The van der Waals surface area contributed by atoms with E-state index in [4.69, 9.17) is 15.2 Å². The third-order valence-corrected chi connectivity index (χ3v) is 3.63. The van der Waals surface area contributed by atoms with Gasteiger partial charge in [-0.25, -0.2) is 4.79 Å². The van der Waals surface area contributed by atoms with E-state index in [1.807, 2.05) is 24.3 Å². The Bertz CT molecular complexity index is 680. The predicted molar refractivity (Wildman–Crippen MR) is 87.2 cm³/mol. The Morgan fingerprint density at radius 2 is 1.95 bits per heavy atom. The van der Waals surface area contributed by atoms with E-state index in [2.05, 4.69) is 19.9 Å². The van der Waals surface area contributed by atoms with Crippen LogP contribution < -0.4 is 10.5 Å². The quantitative estimate of drug-likeness (QED) is 0.862.